The summed E-state index contributed by atoms with van der Waals surface area (Å²) in [6.45, 7) is 0. The van der Waals surface area contributed by atoms with Crippen LogP contribution in [0.3, 0.4) is 0 Å². The Kier molecular flexibility index (Phi) is 4.48. The minimum Gasteiger partial charge on any atom is -0.456 e. The van der Waals surface area contributed by atoms with Crippen molar-refractivity contribution < 1.29 is 17.9 Å². The molecule has 0 fully saturated rings. The second-order valence-corrected chi connectivity index (χ2v) is 5.37. The number of thiocarbonyl (C=S) groups is 1. The third-order valence-electron chi connectivity index (χ3n) is 2.48. The van der Waals surface area contributed by atoms with Crippen molar-refractivity contribution in [1.29, 1.82) is 0 Å². The van der Waals surface area contributed by atoms with Gasteiger partial charge in [0.05, 0.1) is 11.8 Å². The summed E-state index contributed by atoms with van der Waals surface area (Å²) in [5.41, 5.74) is 4.13. The monoisotopic (exact) mass is 376 g/mol. The quantitative estimate of drug-likeness (QED) is 0.811. The van der Waals surface area contributed by atoms with Crippen molar-refractivity contribution in [2.24, 2.45) is 5.73 Å². The van der Waals surface area contributed by atoms with Gasteiger partial charge in [-0.3, -0.25) is 4.98 Å². The molecular weight excluding hydrogens is 369 g/mol. The smallest absolute Gasteiger partial charge is 0.417 e. The largest absolute Gasteiger partial charge is 0.456 e. The zero-order chi connectivity index (χ0) is 15.6. The van der Waals surface area contributed by atoms with Crippen LogP contribution >= 0.6 is 28.1 Å². The number of ether oxygens (including phenoxy) is 1. The van der Waals surface area contributed by atoms with Gasteiger partial charge in [0.2, 0.25) is 0 Å². The molecule has 0 bridgehead atoms. The van der Waals surface area contributed by atoms with Gasteiger partial charge in [0.15, 0.2) is 0 Å². The molecule has 1 heterocycles. The summed E-state index contributed by atoms with van der Waals surface area (Å²) in [4.78, 5) is 3.54. The molecule has 0 aliphatic carbocycles. The fraction of sp³-hybridized carbons (Fsp3) is 0.0769. The molecule has 8 heteroatoms. The number of hydrogen-bond donors (Lipinski definition) is 1. The van der Waals surface area contributed by atoms with Gasteiger partial charge in [-0.2, -0.15) is 13.2 Å². The predicted molar refractivity (Wildman–Crippen MR) is 79.3 cm³/mol. The lowest BCUT2D eigenvalue weighted by Gasteiger charge is -2.14. The van der Waals surface area contributed by atoms with E-state index in [0.29, 0.717) is 10.2 Å². The van der Waals surface area contributed by atoms with Crippen molar-refractivity contribution in [3.8, 4) is 11.5 Å². The van der Waals surface area contributed by atoms with Crippen LogP contribution in [0.1, 0.15) is 11.1 Å². The standard InChI is InChI=1S/C13H8BrF3N2OS/c14-7-3-9(6-19-5-7)20-8-1-2-10(12(18)21)11(4-8)13(15,16)17/h1-6H,(H2,18,21). The van der Waals surface area contributed by atoms with E-state index >= 15 is 0 Å². The van der Waals surface area contributed by atoms with Crippen LogP contribution in [0.2, 0.25) is 0 Å². The van der Waals surface area contributed by atoms with Crippen LogP contribution in [-0.4, -0.2) is 9.97 Å². The minimum absolute atomic E-state index is 0.0159. The molecule has 110 valence electrons. The molecule has 21 heavy (non-hydrogen) atoms. The first-order valence-electron chi connectivity index (χ1n) is 5.57. The second kappa shape index (κ2) is 5.98. The van der Waals surface area contributed by atoms with E-state index in [1.807, 2.05) is 0 Å². The predicted octanol–water partition coefficient (Wildman–Crippen LogP) is 4.29. The normalized spacial score (nSPS) is 11.2. The SMILES string of the molecule is NC(=S)c1ccc(Oc2cncc(Br)c2)cc1C(F)(F)F. The van der Waals surface area contributed by atoms with Gasteiger partial charge in [-0.1, -0.05) is 12.2 Å². The van der Waals surface area contributed by atoms with E-state index in [9.17, 15) is 13.2 Å². The van der Waals surface area contributed by atoms with E-state index in [-0.39, 0.29) is 16.3 Å². The summed E-state index contributed by atoms with van der Waals surface area (Å²) in [7, 11) is 0. The number of rotatable bonds is 3. The molecular formula is C13H8BrF3N2OS. The van der Waals surface area contributed by atoms with Crippen molar-refractivity contribution in [2.75, 3.05) is 0 Å². The maximum Gasteiger partial charge on any atom is 0.417 e. The summed E-state index contributed by atoms with van der Waals surface area (Å²) >= 11 is 7.83. The molecule has 2 N–H and O–H groups in total. The van der Waals surface area contributed by atoms with E-state index in [1.54, 1.807) is 6.07 Å². The van der Waals surface area contributed by atoms with Crippen LogP contribution in [0.4, 0.5) is 13.2 Å². The Morgan fingerprint density at radius 3 is 2.48 bits per heavy atom. The summed E-state index contributed by atoms with van der Waals surface area (Å²) in [5, 5.41) is 0. The van der Waals surface area contributed by atoms with Crippen LogP contribution in [0.25, 0.3) is 0 Å². The molecule has 0 saturated heterocycles. The molecule has 0 unspecified atom stereocenters. The fourth-order valence-electron chi connectivity index (χ4n) is 1.62. The molecule has 0 aliphatic rings. The summed E-state index contributed by atoms with van der Waals surface area (Å²) < 4.78 is 45.0. The Balaban J connectivity index is 2.40. The van der Waals surface area contributed by atoms with Crippen molar-refractivity contribution in [3.05, 3.63) is 52.3 Å². The van der Waals surface area contributed by atoms with Gasteiger partial charge in [0.25, 0.3) is 0 Å². The molecule has 0 aliphatic heterocycles. The van der Waals surface area contributed by atoms with E-state index in [0.717, 1.165) is 6.07 Å². The number of pyridine rings is 1. The van der Waals surface area contributed by atoms with E-state index in [1.165, 1.54) is 24.5 Å². The number of benzene rings is 1. The lowest BCUT2D eigenvalue weighted by atomic mass is 10.1. The zero-order valence-electron chi connectivity index (χ0n) is 10.3. The molecule has 0 atom stereocenters. The van der Waals surface area contributed by atoms with E-state index in [2.05, 4.69) is 33.1 Å². The molecule has 1 aromatic heterocycles. The van der Waals surface area contributed by atoms with Gasteiger partial charge in [-0.25, -0.2) is 0 Å². The first kappa shape index (κ1) is 15.7. The fourth-order valence-corrected chi connectivity index (χ4v) is 2.14. The first-order valence-corrected chi connectivity index (χ1v) is 6.77. The third-order valence-corrected chi connectivity index (χ3v) is 3.13. The lowest BCUT2D eigenvalue weighted by Crippen LogP contribution is -2.17. The van der Waals surface area contributed by atoms with Gasteiger partial charge < -0.3 is 10.5 Å². The summed E-state index contributed by atoms with van der Waals surface area (Å²) in [6.07, 6.45) is -1.66. The number of halogens is 4. The number of alkyl halides is 3. The Labute approximate surface area is 132 Å². The first-order chi connectivity index (χ1) is 9.77. The Hall–Kier alpha value is -1.67. The van der Waals surface area contributed by atoms with Gasteiger partial charge in [-0.05, 0) is 40.2 Å². The number of nitrogens with two attached hydrogens (primary N) is 1. The number of aromatic nitrogens is 1. The van der Waals surface area contributed by atoms with Crippen LogP contribution in [0, 0.1) is 0 Å². The molecule has 0 amide bonds. The van der Waals surface area contributed by atoms with E-state index in [4.69, 9.17) is 10.5 Å². The molecule has 2 rings (SSSR count). The summed E-state index contributed by atoms with van der Waals surface area (Å²) in [5.74, 6) is 0.322. The van der Waals surface area contributed by atoms with Crippen molar-refractivity contribution in [1.82, 2.24) is 4.98 Å². The van der Waals surface area contributed by atoms with Gasteiger partial charge >= 0.3 is 6.18 Å². The highest BCUT2D eigenvalue weighted by molar-refractivity contribution is 9.10. The average Bonchev–Trinajstić information content (AvgIpc) is 2.37. The Morgan fingerprint density at radius 2 is 1.90 bits per heavy atom. The van der Waals surface area contributed by atoms with Gasteiger partial charge in [-0.15, -0.1) is 0 Å². The maximum atomic E-state index is 13.0. The van der Waals surface area contributed by atoms with Crippen LogP contribution in [-0.2, 0) is 6.18 Å². The maximum absolute atomic E-state index is 13.0. The van der Waals surface area contributed by atoms with Crippen LogP contribution in [0.15, 0.2) is 41.1 Å². The summed E-state index contributed by atoms with van der Waals surface area (Å²) in [6, 6.07) is 4.99. The van der Waals surface area contributed by atoms with Gasteiger partial charge in [0, 0.05) is 16.2 Å². The van der Waals surface area contributed by atoms with Crippen molar-refractivity contribution in [2.45, 2.75) is 6.18 Å². The highest BCUT2D eigenvalue weighted by Gasteiger charge is 2.34. The Bertz CT molecular complexity index is 691. The highest BCUT2D eigenvalue weighted by Crippen LogP contribution is 2.35. The van der Waals surface area contributed by atoms with Crippen molar-refractivity contribution in [3.63, 3.8) is 0 Å². The molecule has 0 spiro atoms. The minimum atomic E-state index is -4.58. The molecule has 3 nitrogen and oxygen atoms in total. The Morgan fingerprint density at radius 1 is 1.19 bits per heavy atom. The van der Waals surface area contributed by atoms with Crippen LogP contribution < -0.4 is 10.5 Å². The third kappa shape index (κ3) is 3.92. The topological polar surface area (TPSA) is 48.1 Å². The number of nitrogens with zero attached hydrogens (tertiary/aromatic N) is 1. The molecule has 0 radical (unpaired) electrons. The molecule has 2 aromatic rings. The van der Waals surface area contributed by atoms with Gasteiger partial charge in [0.1, 0.15) is 16.5 Å². The second-order valence-electron chi connectivity index (χ2n) is 4.01. The number of hydrogen-bond acceptors (Lipinski definition) is 3. The molecule has 0 saturated carbocycles. The lowest BCUT2D eigenvalue weighted by molar-refractivity contribution is -0.137. The van der Waals surface area contributed by atoms with Crippen molar-refractivity contribution >= 4 is 33.1 Å². The highest BCUT2D eigenvalue weighted by atomic mass is 79.9. The molecule has 1 aromatic carbocycles. The van der Waals surface area contributed by atoms with E-state index < -0.39 is 11.7 Å². The average molecular weight is 377 g/mol. The zero-order valence-corrected chi connectivity index (χ0v) is 12.7. The van der Waals surface area contributed by atoms with Crippen LogP contribution in [0.5, 0.6) is 11.5 Å².